The zero-order valence-electron chi connectivity index (χ0n) is 10.8. The maximum absolute atomic E-state index is 11.7. The fourth-order valence-electron chi connectivity index (χ4n) is 1.78. The van der Waals surface area contributed by atoms with E-state index in [2.05, 4.69) is 14.7 Å². The summed E-state index contributed by atoms with van der Waals surface area (Å²) in [7, 11) is 1.57. The van der Waals surface area contributed by atoms with Crippen molar-refractivity contribution in [3.63, 3.8) is 0 Å². The predicted molar refractivity (Wildman–Crippen MR) is 69.2 cm³/mol. The smallest absolute Gasteiger partial charge is 0.397 e. The Balaban J connectivity index is 2.07. The van der Waals surface area contributed by atoms with Crippen LogP contribution >= 0.6 is 0 Å². The molecule has 2 rings (SSSR count). The maximum Gasteiger partial charge on any atom is 0.397 e. The summed E-state index contributed by atoms with van der Waals surface area (Å²) in [6.45, 7) is 2.20. The van der Waals surface area contributed by atoms with Gasteiger partial charge < -0.3 is 14.6 Å². The van der Waals surface area contributed by atoms with E-state index in [-0.39, 0.29) is 6.61 Å². The first-order valence-corrected chi connectivity index (χ1v) is 5.96. The molecule has 0 saturated heterocycles. The summed E-state index contributed by atoms with van der Waals surface area (Å²) in [6.07, 6.45) is 1.61. The van der Waals surface area contributed by atoms with Crippen LogP contribution in [-0.2, 0) is 20.9 Å². The van der Waals surface area contributed by atoms with Crippen LogP contribution in [0.4, 0.5) is 0 Å². The van der Waals surface area contributed by atoms with E-state index in [1.54, 1.807) is 20.3 Å². The number of aromatic amines is 1. The number of likely N-dealkylation sites (N-methyl/N-ethyl adjacent to an activating group) is 1. The second-order valence-electron chi connectivity index (χ2n) is 4.14. The lowest BCUT2D eigenvalue weighted by atomic mass is 10.2. The van der Waals surface area contributed by atoms with E-state index in [1.165, 1.54) is 4.90 Å². The van der Waals surface area contributed by atoms with E-state index in [0.717, 1.165) is 16.6 Å². The van der Waals surface area contributed by atoms with Gasteiger partial charge in [-0.3, -0.25) is 4.79 Å². The zero-order chi connectivity index (χ0) is 13.8. The van der Waals surface area contributed by atoms with Crippen LogP contribution in [0.5, 0.6) is 0 Å². The minimum atomic E-state index is -0.826. The topological polar surface area (TPSA) is 75.3 Å². The number of nitrogens with one attached hydrogen (secondary N) is 1. The first kappa shape index (κ1) is 13.1. The number of benzene rings is 1. The van der Waals surface area contributed by atoms with Crippen LogP contribution in [0, 0.1) is 0 Å². The summed E-state index contributed by atoms with van der Waals surface area (Å²) in [5.74, 6) is -1.47. The number of carbonyl (C=O) groups excluding carboxylic acids is 2. The number of rotatable bonds is 3. The van der Waals surface area contributed by atoms with Crippen molar-refractivity contribution in [3.8, 4) is 0 Å². The van der Waals surface area contributed by atoms with Gasteiger partial charge in [-0.25, -0.2) is 9.78 Å². The number of esters is 1. The molecule has 0 saturated carbocycles. The average molecular weight is 261 g/mol. The van der Waals surface area contributed by atoms with E-state index < -0.39 is 11.9 Å². The van der Waals surface area contributed by atoms with Crippen LogP contribution < -0.4 is 0 Å². The largest absolute Gasteiger partial charge is 0.459 e. The van der Waals surface area contributed by atoms with Crippen molar-refractivity contribution in [1.29, 1.82) is 0 Å². The van der Waals surface area contributed by atoms with Crippen LogP contribution in [0.3, 0.4) is 0 Å². The van der Waals surface area contributed by atoms with Crippen LogP contribution in [0.1, 0.15) is 12.5 Å². The molecule has 6 nitrogen and oxygen atoms in total. The molecule has 0 atom stereocenters. The van der Waals surface area contributed by atoms with Gasteiger partial charge in [0.15, 0.2) is 0 Å². The average Bonchev–Trinajstić information content (AvgIpc) is 2.85. The Morgan fingerprint density at radius 2 is 2.21 bits per heavy atom. The van der Waals surface area contributed by atoms with E-state index in [4.69, 9.17) is 0 Å². The van der Waals surface area contributed by atoms with Crippen LogP contribution in [0.2, 0.25) is 0 Å². The Bertz CT molecular complexity index is 606. The molecule has 0 spiro atoms. The number of hydrogen-bond acceptors (Lipinski definition) is 4. The molecule has 0 aliphatic heterocycles. The molecule has 1 aromatic carbocycles. The van der Waals surface area contributed by atoms with Crippen LogP contribution in [0.25, 0.3) is 11.0 Å². The number of ether oxygens (including phenoxy) is 1. The molecule has 100 valence electrons. The Hall–Kier alpha value is -2.37. The summed E-state index contributed by atoms with van der Waals surface area (Å²) in [4.78, 5) is 31.4. The van der Waals surface area contributed by atoms with Gasteiger partial charge in [-0.1, -0.05) is 6.07 Å². The van der Waals surface area contributed by atoms with Crippen LogP contribution in [0.15, 0.2) is 24.5 Å². The van der Waals surface area contributed by atoms with Gasteiger partial charge in [0, 0.05) is 13.6 Å². The maximum atomic E-state index is 11.7. The van der Waals surface area contributed by atoms with Crippen molar-refractivity contribution in [1.82, 2.24) is 14.9 Å². The highest BCUT2D eigenvalue weighted by Crippen LogP contribution is 2.13. The lowest BCUT2D eigenvalue weighted by Gasteiger charge is -2.15. The Morgan fingerprint density at radius 3 is 2.95 bits per heavy atom. The van der Waals surface area contributed by atoms with Gasteiger partial charge in [-0.15, -0.1) is 0 Å². The minimum Gasteiger partial charge on any atom is -0.459 e. The predicted octanol–water partition coefficient (Wildman–Crippen LogP) is 1.08. The van der Waals surface area contributed by atoms with Gasteiger partial charge in [0.25, 0.3) is 0 Å². The highest BCUT2D eigenvalue weighted by molar-refractivity contribution is 6.32. The molecule has 0 aliphatic carbocycles. The highest BCUT2D eigenvalue weighted by atomic mass is 16.5. The first-order valence-electron chi connectivity index (χ1n) is 5.96. The molecule has 0 radical (unpaired) electrons. The number of amides is 1. The first-order chi connectivity index (χ1) is 9.11. The van der Waals surface area contributed by atoms with Crippen LogP contribution in [-0.4, -0.2) is 40.4 Å². The van der Waals surface area contributed by atoms with E-state index in [0.29, 0.717) is 6.54 Å². The summed E-state index contributed by atoms with van der Waals surface area (Å²) in [5, 5.41) is 0. The molecular weight excluding hydrogens is 246 g/mol. The number of carbonyl (C=O) groups is 2. The lowest BCUT2D eigenvalue weighted by Crippen LogP contribution is -2.34. The van der Waals surface area contributed by atoms with Gasteiger partial charge >= 0.3 is 11.9 Å². The summed E-state index contributed by atoms with van der Waals surface area (Å²) in [5.41, 5.74) is 2.68. The van der Waals surface area contributed by atoms with Gasteiger partial charge in [-0.2, -0.15) is 0 Å². The molecule has 0 aliphatic rings. The quantitative estimate of drug-likeness (QED) is 0.662. The third kappa shape index (κ3) is 2.90. The van der Waals surface area contributed by atoms with Crippen molar-refractivity contribution in [3.05, 3.63) is 30.1 Å². The zero-order valence-corrected chi connectivity index (χ0v) is 10.8. The van der Waals surface area contributed by atoms with E-state index >= 15 is 0 Å². The SMILES string of the molecule is CCOC(=O)C(=O)N(C)Cc1ccc2nc[nH]c2c1. The lowest BCUT2D eigenvalue weighted by molar-refractivity contribution is -0.159. The minimum absolute atomic E-state index is 0.193. The van der Waals surface area contributed by atoms with E-state index in [9.17, 15) is 9.59 Å². The highest BCUT2D eigenvalue weighted by Gasteiger charge is 2.19. The standard InChI is InChI=1S/C13H15N3O3/c1-3-19-13(18)12(17)16(2)7-9-4-5-10-11(6-9)15-8-14-10/h4-6,8H,3,7H2,1-2H3,(H,14,15). The fourth-order valence-corrected chi connectivity index (χ4v) is 1.78. The number of aromatic nitrogens is 2. The Morgan fingerprint density at radius 1 is 1.42 bits per heavy atom. The molecule has 0 unspecified atom stereocenters. The molecule has 1 aromatic heterocycles. The summed E-state index contributed by atoms with van der Waals surface area (Å²) < 4.78 is 4.67. The Labute approximate surface area is 110 Å². The molecule has 0 bridgehead atoms. The molecule has 1 amide bonds. The van der Waals surface area contributed by atoms with Crippen molar-refractivity contribution in [2.75, 3.05) is 13.7 Å². The monoisotopic (exact) mass is 261 g/mol. The molecule has 6 heteroatoms. The van der Waals surface area contributed by atoms with E-state index in [1.807, 2.05) is 18.2 Å². The number of nitrogens with zero attached hydrogens (tertiary/aromatic N) is 2. The fraction of sp³-hybridized carbons (Fsp3) is 0.308. The van der Waals surface area contributed by atoms with Gasteiger partial charge in [0.1, 0.15) is 0 Å². The molecule has 2 aromatic rings. The Kier molecular flexibility index (Phi) is 3.79. The summed E-state index contributed by atoms with van der Waals surface area (Å²) in [6, 6.07) is 5.64. The van der Waals surface area contributed by atoms with Crippen molar-refractivity contribution >= 4 is 22.9 Å². The molecule has 19 heavy (non-hydrogen) atoms. The third-order valence-corrected chi connectivity index (χ3v) is 2.70. The van der Waals surface area contributed by atoms with Crippen molar-refractivity contribution in [2.24, 2.45) is 0 Å². The number of imidazole rings is 1. The number of H-pyrrole nitrogens is 1. The van der Waals surface area contributed by atoms with Gasteiger partial charge in [-0.05, 0) is 24.6 Å². The van der Waals surface area contributed by atoms with Crippen molar-refractivity contribution < 1.29 is 14.3 Å². The van der Waals surface area contributed by atoms with Gasteiger partial charge in [0.2, 0.25) is 0 Å². The van der Waals surface area contributed by atoms with Gasteiger partial charge in [0.05, 0.1) is 24.0 Å². The molecule has 0 fully saturated rings. The normalized spacial score (nSPS) is 10.4. The molecular formula is C13H15N3O3. The molecule has 1 heterocycles. The second kappa shape index (κ2) is 5.51. The second-order valence-corrected chi connectivity index (χ2v) is 4.14. The number of hydrogen-bond donors (Lipinski definition) is 1. The van der Waals surface area contributed by atoms with Crippen molar-refractivity contribution in [2.45, 2.75) is 13.5 Å². The third-order valence-electron chi connectivity index (χ3n) is 2.70. The number of fused-ring (bicyclic) bond motifs is 1. The summed E-state index contributed by atoms with van der Waals surface area (Å²) >= 11 is 0. The molecule has 1 N–H and O–H groups in total.